The van der Waals surface area contributed by atoms with Crippen molar-refractivity contribution < 1.29 is 13.2 Å². The van der Waals surface area contributed by atoms with Gasteiger partial charge in [-0.2, -0.15) is 0 Å². The molecule has 0 spiro atoms. The summed E-state index contributed by atoms with van der Waals surface area (Å²) in [4.78, 5) is 6.48. The molecule has 1 saturated heterocycles. The molecular weight excluding hydrogens is 397 g/mol. The summed E-state index contributed by atoms with van der Waals surface area (Å²) in [5, 5.41) is 0.470. The molecule has 0 saturated carbocycles. The molecule has 0 radical (unpaired) electrons. The summed E-state index contributed by atoms with van der Waals surface area (Å²) < 4.78 is 33.2. The average Bonchev–Trinajstić information content (AvgIpc) is 2.61. The molecule has 26 heavy (non-hydrogen) atoms. The van der Waals surface area contributed by atoms with Crippen molar-refractivity contribution in [3.8, 4) is 5.88 Å². The van der Waals surface area contributed by atoms with Crippen molar-refractivity contribution in [2.24, 2.45) is 0 Å². The van der Waals surface area contributed by atoms with Crippen molar-refractivity contribution in [3.05, 3.63) is 46.6 Å². The maximum Gasteiger partial charge on any atom is 0.261 e. The van der Waals surface area contributed by atoms with Crippen LogP contribution in [0.2, 0.25) is 10.0 Å². The largest absolute Gasteiger partial charge is 0.474 e. The van der Waals surface area contributed by atoms with Crippen LogP contribution >= 0.6 is 23.2 Å². The standard InChI is InChI=1S/C17H19Cl2N3O3S/c1-22-8-6-13(7-9-22)25-17-5-2-12(11-20-17)21-26(23,24)14-3-4-15(18)16(19)10-14/h2-5,10-11,13,21H,6-9H2,1H3. The number of ether oxygens (including phenoxy) is 1. The van der Waals surface area contributed by atoms with Crippen LogP contribution in [0.4, 0.5) is 5.69 Å². The number of halogens is 2. The minimum absolute atomic E-state index is 0.0264. The second kappa shape index (κ2) is 8.00. The van der Waals surface area contributed by atoms with Crippen LogP contribution in [-0.2, 0) is 10.0 Å². The Bertz CT molecular complexity index is 867. The second-order valence-corrected chi connectivity index (χ2v) is 8.68. The van der Waals surface area contributed by atoms with Crippen molar-refractivity contribution in [1.82, 2.24) is 9.88 Å². The first-order valence-corrected chi connectivity index (χ1v) is 10.4. The molecule has 1 aliphatic rings. The van der Waals surface area contributed by atoms with Gasteiger partial charge in [-0.1, -0.05) is 23.2 Å². The van der Waals surface area contributed by atoms with Gasteiger partial charge in [0.2, 0.25) is 5.88 Å². The quantitative estimate of drug-likeness (QED) is 0.806. The third-order valence-corrected chi connectivity index (χ3v) is 6.26. The van der Waals surface area contributed by atoms with E-state index in [1.807, 2.05) is 0 Å². The molecule has 1 aliphatic heterocycles. The lowest BCUT2D eigenvalue weighted by molar-refractivity contribution is 0.110. The molecule has 1 N–H and O–H groups in total. The van der Waals surface area contributed by atoms with Crippen molar-refractivity contribution in [1.29, 1.82) is 0 Å². The molecule has 9 heteroatoms. The number of anilines is 1. The van der Waals surface area contributed by atoms with Gasteiger partial charge in [-0.3, -0.25) is 4.72 Å². The summed E-state index contributed by atoms with van der Waals surface area (Å²) in [6.07, 6.45) is 3.46. The maximum atomic E-state index is 12.4. The Labute approximate surface area is 163 Å². The van der Waals surface area contributed by atoms with E-state index in [0.717, 1.165) is 25.9 Å². The number of rotatable bonds is 5. The molecule has 0 aliphatic carbocycles. The molecular formula is C17H19Cl2N3O3S. The van der Waals surface area contributed by atoms with E-state index in [-0.39, 0.29) is 16.0 Å². The summed E-state index contributed by atoms with van der Waals surface area (Å²) in [6, 6.07) is 7.41. The Morgan fingerprint density at radius 2 is 1.88 bits per heavy atom. The number of piperidine rings is 1. The van der Waals surface area contributed by atoms with E-state index < -0.39 is 10.0 Å². The first kappa shape index (κ1) is 19.2. The smallest absolute Gasteiger partial charge is 0.261 e. The number of hydrogen-bond acceptors (Lipinski definition) is 5. The number of nitrogens with one attached hydrogen (secondary N) is 1. The van der Waals surface area contributed by atoms with Crippen molar-refractivity contribution >= 4 is 38.9 Å². The molecule has 1 aromatic heterocycles. The summed E-state index contributed by atoms with van der Waals surface area (Å²) in [7, 11) is -1.69. The van der Waals surface area contributed by atoms with Gasteiger partial charge in [0.05, 0.1) is 26.8 Å². The van der Waals surface area contributed by atoms with Gasteiger partial charge in [0.15, 0.2) is 0 Å². The molecule has 1 aromatic carbocycles. The molecule has 3 rings (SSSR count). The zero-order valence-corrected chi connectivity index (χ0v) is 16.5. The van der Waals surface area contributed by atoms with E-state index in [4.69, 9.17) is 27.9 Å². The minimum atomic E-state index is -3.78. The predicted molar refractivity (Wildman–Crippen MR) is 103 cm³/mol. The number of hydrogen-bond donors (Lipinski definition) is 1. The molecule has 1 fully saturated rings. The Hall–Kier alpha value is -1.54. The highest BCUT2D eigenvalue weighted by molar-refractivity contribution is 7.92. The van der Waals surface area contributed by atoms with E-state index in [1.54, 1.807) is 12.1 Å². The van der Waals surface area contributed by atoms with Gasteiger partial charge in [-0.25, -0.2) is 13.4 Å². The highest BCUT2D eigenvalue weighted by Gasteiger charge is 2.19. The first-order valence-electron chi connectivity index (χ1n) is 8.12. The zero-order chi connectivity index (χ0) is 18.7. The van der Waals surface area contributed by atoms with Crippen LogP contribution in [-0.4, -0.2) is 44.5 Å². The molecule has 6 nitrogen and oxygen atoms in total. The van der Waals surface area contributed by atoms with E-state index in [9.17, 15) is 8.42 Å². The summed E-state index contributed by atoms with van der Waals surface area (Å²) in [5.74, 6) is 0.483. The third-order valence-electron chi connectivity index (χ3n) is 4.14. The molecule has 0 bridgehead atoms. The molecule has 0 atom stereocenters. The molecule has 0 unspecified atom stereocenters. The van der Waals surface area contributed by atoms with Gasteiger partial charge in [0.25, 0.3) is 10.0 Å². The third kappa shape index (κ3) is 4.79. The normalized spacial score (nSPS) is 16.4. The lowest BCUT2D eigenvalue weighted by atomic mass is 10.1. The number of nitrogens with zero attached hydrogens (tertiary/aromatic N) is 2. The molecule has 0 amide bonds. The van der Waals surface area contributed by atoms with Crippen LogP contribution in [0.25, 0.3) is 0 Å². The summed E-state index contributed by atoms with van der Waals surface area (Å²) in [6.45, 7) is 1.98. The van der Waals surface area contributed by atoms with Crippen molar-refractivity contribution in [2.45, 2.75) is 23.8 Å². The monoisotopic (exact) mass is 415 g/mol. The molecule has 2 heterocycles. The highest BCUT2D eigenvalue weighted by atomic mass is 35.5. The fraction of sp³-hybridized carbons (Fsp3) is 0.353. The van der Waals surface area contributed by atoms with E-state index in [0.29, 0.717) is 16.6 Å². The second-order valence-electron chi connectivity index (χ2n) is 6.19. The van der Waals surface area contributed by atoms with Gasteiger partial charge in [-0.05, 0) is 44.2 Å². The van der Waals surface area contributed by atoms with Gasteiger partial charge >= 0.3 is 0 Å². The Balaban J connectivity index is 1.65. The Morgan fingerprint density at radius 3 is 2.50 bits per heavy atom. The summed E-state index contributed by atoms with van der Waals surface area (Å²) in [5.41, 5.74) is 0.340. The van der Waals surface area contributed by atoms with Gasteiger partial charge in [-0.15, -0.1) is 0 Å². The number of likely N-dealkylation sites (tertiary alicyclic amines) is 1. The average molecular weight is 416 g/mol. The number of benzene rings is 1. The fourth-order valence-electron chi connectivity index (χ4n) is 2.64. The number of sulfonamides is 1. The van der Waals surface area contributed by atoms with Crippen LogP contribution < -0.4 is 9.46 Å². The highest BCUT2D eigenvalue weighted by Crippen LogP contribution is 2.26. The Kier molecular flexibility index (Phi) is 5.92. The molecule has 140 valence electrons. The lowest BCUT2D eigenvalue weighted by Gasteiger charge is -2.28. The van der Waals surface area contributed by atoms with Gasteiger partial charge in [0, 0.05) is 19.2 Å². The van der Waals surface area contributed by atoms with E-state index in [1.165, 1.54) is 24.4 Å². The van der Waals surface area contributed by atoms with Gasteiger partial charge in [0.1, 0.15) is 6.10 Å². The van der Waals surface area contributed by atoms with Crippen LogP contribution in [0.5, 0.6) is 5.88 Å². The lowest BCUT2D eigenvalue weighted by Crippen LogP contribution is -2.35. The fourth-order valence-corrected chi connectivity index (χ4v) is 4.07. The van der Waals surface area contributed by atoms with Crippen molar-refractivity contribution in [3.63, 3.8) is 0 Å². The SMILES string of the molecule is CN1CCC(Oc2ccc(NS(=O)(=O)c3ccc(Cl)c(Cl)c3)cn2)CC1. The number of pyridine rings is 1. The number of aromatic nitrogens is 1. The van der Waals surface area contributed by atoms with Crippen LogP contribution in [0.15, 0.2) is 41.4 Å². The van der Waals surface area contributed by atoms with Crippen molar-refractivity contribution in [2.75, 3.05) is 24.9 Å². The van der Waals surface area contributed by atoms with Crippen LogP contribution in [0, 0.1) is 0 Å². The maximum absolute atomic E-state index is 12.4. The Morgan fingerprint density at radius 1 is 1.15 bits per heavy atom. The van der Waals surface area contributed by atoms with Crippen LogP contribution in [0.1, 0.15) is 12.8 Å². The summed E-state index contributed by atoms with van der Waals surface area (Å²) >= 11 is 11.7. The first-order chi connectivity index (χ1) is 12.3. The minimum Gasteiger partial charge on any atom is -0.474 e. The van der Waals surface area contributed by atoms with Crippen LogP contribution in [0.3, 0.4) is 0 Å². The predicted octanol–water partition coefficient (Wildman–Crippen LogP) is 3.66. The molecule has 2 aromatic rings. The van der Waals surface area contributed by atoms with E-state index >= 15 is 0 Å². The van der Waals surface area contributed by atoms with E-state index in [2.05, 4.69) is 21.7 Å². The zero-order valence-electron chi connectivity index (χ0n) is 14.2. The topological polar surface area (TPSA) is 71.5 Å². The van der Waals surface area contributed by atoms with Gasteiger partial charge < -0.3 is 9.64 Å².